The van der Waals surface area contributed by atoms with E-state index in [9.17, 15) is 9.18 Å². The summed E-state index contributed by atoms with van der Waals surface area (Å²) in [5.41, 5.74) is 6.29. The van der Waals surface area contributed by atoms with E-state index in [1.54, 1.807) is 0 Å². The maximum Gasteiger partial charge on any atom is 0.288 e. The summed E-state index contributed by atoms with van der Waals surface area (Å²) >= 11 is 17.9. The van der Waals surface area contributed by atoms with Crippen molar-refractivity contribution in [3.8, 4) is 5.69 Å². The summed E-state index contributed by atoms with van der Waals surface area (Å²) in [7, 11) is 0. The van der Waals surface area contributed by atoms with Crippen LogP contribution in [-0.2, 0) is 0 Å². The minimum Gasteiger partial charge on any atom is -0.295 e. The molecule has 0 radical (unpaired) electrons. The fourth-order valence-corrected chi connectivity index (χ4v) is 3.03. The van der Waals surface area contributed by atoms with Gasteiger partial charge in [0.1, 0.15) is 11.5 Å². The average molecular weight is 400 g/mol. The summed E-state index contributed by atoms with van der Waals surface area (Å²) in [6, 6.07) is 8.64. The number of hydrazine groups is 1. The van der Waals surface area contributed by atoms with Crippen molar-refractivity contribution in [3.63, 3.8) is 0 Å². The Morgan fingerprint density at radius 3 is 2.36 bits per heavy atom. The van der Waals surface area contributed by atoms with E-state index in [0.29, 0.717) is 16.4 Å². The Morgan fingerprint density at radius 1 is 1.08 bits per heavy atom. The second kappa shape index (κ2) is 7.31. The van der Waals surface area contributed by atoms with Gasteiger partial charge < -0.3 is 0 Å². The van der Waals surface area contributed by atoms with Gasteiger partial charge in [0.25, 0.3) is 5.91 Å². The number of hydrogen-bond donors (Lipinski definition) is 2. The van der Waals surface area contributed by atoms with Gasteiger partial charge in [-0.25, -0.2) is 9.37 Å². The van der Waals surface area contributed by atoms with Crippen molar-refractivity contribution in [2.45, 2.75) is 0 Å². The van der Waals surface area contributed by atoms with Gasteiger partial charge in [0.05, 0.1) is 28.3 Å². The number of aromatic nitrogens is 2. The van der Waals surface area contributed by atoms with Crippen molar-refractivity contribution < 1.29 is 9.18 Å². The van der Waals surface area contributed by atoms with E-state index in [-0.39, 0.29) is 21.6 Å². The number of carbonyl (C=O) groups excluding carboxylic acids is 1. The van der Waals surface area contributed by atoms with E-state index in [2.05, 4.69) is 15.8 Å². The molecule has 1 heterocycles. The number of anilines is 1. The number of carbonyl (C=O) groups is 1. The summed E-state index contributed by atoms with van der Waals surface area (Å²) in [6.07, 6.45) is 2.83. The Balaban J connectivity index is 1.79. The Kier molecular flexibility index (Phi) is 5.13. The molecular weight excluding hydrogens is 390 g/mol. The van der Waals surface area contributed by atoms with Crippen LogP contribution in [0, 0.1) is 5.82 Å². The number of amides is 1. The van der Waals surface area contributed by atoms with Crippen LogP contribution in [-0.4, -0.2) is 15.5 Å². The number of benzene rings is 2. The third kappa shape index (κ3) is 3.87. The van der Waals surface area contributed by atoms with Crippen LogP contribution >= 0.6 is 34.8 Å². The Bertz CT molecular complexity index is 904. The maximum atomic E-state index is 13.1. The van der Waals surface area contributed by atoms with E-state index in [4.69, 9.17) is 34.8 Å². The van der Waals surface area contributed by atoms with Crippen LogP contribution in [0.3, 0.4) is 0 Å². The SMILES string of the molecule is O=C(NNc1c(Cl)cc(Cl)cc1Cl)c1cncn1-c1ccc(F)cc1. The molecule has 128 valence electrons. The summed E-state index contributed by atoms with van der Waals surface area (Å²) < 4.78 is 14.6. The molecule has 9 heteroatoms. The molecule has 2 aromatic carbocycles. The molecule has 0 aliphatic rings. The van der Waals surface area contributed by atoms with E-state index in [0.717, 1.165) is 0 Å². The fraction of sp³-hybridized carbons (Fsp3) is 0. The molecule has 5 nitrogen and oxygen atoms in total. The Morgan fingerprint density at radius 2 is 1.72 bits per heavy atom. The van der Waals surface area contributed by atoms with Crippen LogP contribution in [0.5, 0.6) is 0 Å². The summed E-state index contributed by atoms with van der Waals surface area (Å²) in [5, 5.41) is 0.885. The number of hydrogen-bond acceptors (Lipinski definition) is 3. The zero-order valence-corrected chi connectivity index (χ0v) is 14.7. The first kappa shape index (κ1) is 17.5. The number of nitrogens with one attached hydrogen (secondary N) is 2. The lowest BCUT2D eigenvalue weighted by atomic mass is 10.3. The van der Waals surface area contributed by atoms with E-state index in [1.165, 1.54) is 53.5 Å². The highest BCUT2D eigenvalue weighted by atomic mass is 35.5. The van der Waals surface area contributed by atoms with Gasteiger partial charge in [0.2, 0.25) is 0 Å². The van der Waals surface area contributed by atoms with E-state index >= 15 is 0 Å². The average Bonchev–Trinajstić information content (AvgIpc) is 3.04. The van der Waals surface area contributed by atoms with Crippen LogP contribution in [0.15, 0.2) is 48.9 Å². The van der Waals surface area contributed by atoms with E-state index < -0.39 is 5.91 Å². The second-order valence-electron chi connectivity index (χ2n) is 4.95. The molecule has 3 rings (SSSR count). The monoisotopic (exact) mass is 398 g/mol. The quantitative estimate of drug-likeness (QED) is 0.624. The highest BCUT2D eigenvalue weighted by Gasteiger charge is 2.14. The minimum absolute atomic E-state index is 0.236. The largest absolute Gasteiger partial charge is 0.295 e. The molecule has 0 atom stereocenters. The fourth-order valence-electron chi connectivity index (χ4n) is 2.12. The van der Waals surface area contributed by atoms with Gasteiger partial charge in [-0.15, -0.1) is 0 Å². The molecule has 3 aromatic rings. The first-order chi connectivity index (χ1) is 12.0. The summed E-state index contributed by atoms with van der Waals surface area (Å²) in [5.74, 6) is -0.854. The molecule has 0 fully saturated rings. The van der Waals surface area contributed by atoms with Gasteiger partial charge in [0, 0.05) is 10.7 Å². The van der Waals surface area contributed by atoms with E-state index in [1.807, 2.05) is 0 Å². The van der Waals surface area contributed by atoms with Gasteiger partial charge in [-0.2, -0.15) is 0 Å². The number of halogens is 4. The van der Waals surface area contributed by atoms with Crippen molar-refractivity contribution in [1.82, 2.24) is 15.0 Å². The summed E-state index contributed by atoms with van der Waals surface area (Å²) in [4.78, 5) is 16.4. The third-order valence-electron chi connectivity index (χ3n) is 3.28. The predicted molar refractivity (Wildman–Crippen MR) is 96.1 cm³/mol. The van der Waals surface area contributed by atoms with Crippen molar-refractivity contribution in [2.75, 3.05) is 5.43 Å². The van der Waals surface area contributed by atoms with Crippen LogP contribution in [0.1, 0.15) is 10.5 Å². The van der Waals surface area contributed by atoms with Gasteiger partial charge in [0.15, 0.2) is 0 Å². The molecule has 0 spiro atoms. The van der Waals surface area contributed by atoms with Crippen LogP contribution in [0.2, 0.25) is 15.1 Å². The molecule has 0 bridgehead atoms. The topological polar surface area (TPSA) is 59.0 Å². The molecule has 0 saturated carbocycles. The van der Waals surface area contributed by atoms with Crippen LogP contribution < -0.4 is 10.9 Å². The molecule has 0 saturated heterocycles. The van der Waals surface area contributed by atoms with Gasteiger partial charge in [-0.05, 0) is 36.4 Å². The second-order valence-corrected chi connectivity index (χ2v) is 6.20. The molecule has 2 N–H and O–H groups in total. The molecular formula is C16H10Cl3FN4O. The highest BCUT2D eigenvalue weighted by molar-refractivity contribution is 6.41. The predicted octanol–water partition coefficient (Wildman–Crippen LogP) is 4.73. The lowest BCUT2D eigenvalue weighted by Gasteiger charge is -2.13. The lowest BCUT2D eigenvalue weighted by Crippen LogP contribution is -2.31. The molecule has 25 heavy (non-hydrogen) atoms. The Labute approximate surface area is 157 Å². The van der Waals surface area contributed by atoms with Crippen molar-refractivity contribution in [2.24, 2.45) is 0 Å². The Hall–Kier alpha value is -2.28. The van der Waals surface area contributed by atoms with Crippen molar-refractivity contribution >= 4 is 46.4 Å². The zero-order chi connectivity index (χ0) is 18.0. The first-order valence-electron chi connectivity index (χ1n) is 6.95. The van der Waals surface area contributed by atoms with Crippen molar-refractivity contribution in [1.29, 1.82) is 0 Å². The zero-order valence-electron chi connectivity index (χ0n) is 12.4. The number of rotatable bonds is 4. The maximum absolute atomic E-state index is 13.1. The van der Waals surface area contributed by atoms with Gasteiger partial charge in [-0.1, -0.05) is 34.8 Å². The van der Waals surface area contributed by atoms with Gasteiger partial charge in [-0.3, -0.25) is 20.2 Å². The first-order valence-corrected chi connectivity index (χ1v) is 8.08. The molecule has 0 unspecified atom stereocenters. The molecule has 1 amide bonds. The number of imidazole rings is 1. The summed E-state index contributed by atoms with van der Waals surface area (Å²) in [6.45, 7) is 0. The molecule has 1 aromatic heterocycles. The third-order valence-corrected chi connectivity index (χ3v) is 4.10. The standard InChI is InChI=1S/C16H10Cl3FN4O/c17-9-5-12(18)15(13(19)6-9)22-23-16(25)14-7-21-8-24(14)11-3-1-10(20)2-4-11/h1-8,22H,(H,23,25). The van der Waals surface area contributed by atoms with Crippen LogP contribution in [0.4, 0.5) is 10.1 Å². The van der Waals surface area contributed by atoms with Crippen LogP contribution in [0.25, 0.3) is 5.69 Å². The van der Waals surface area contributed by atoms with Gasteiger partial charge >= 0.3 is 0 Å². The lowest BCUT2D eigenvalue weighted by molar-refractivity contribution is 0.0956. The highest BCUT2D eigenvalue weighted by Crippen LogP contribution is 2.33. The normalized spacial score (nSPS) is 10.6. The van der Waals surface area contributed by atoms with Crippen molar-refractivity contribution in [3.05, 3.63) is 75.5 Å². The molecule has 0 aliphatic heterocycles. The number of nitrogens with zero attached hydrogens (tertiary/aromatic N) is 2. The smallest absolute Gasteiger partial charge is 0.288 e. The molecule has 0 aliphatic carbocycles. The minimum atomic E-state index is -0.482.